The van der Waals surface area contributed by atoms with Crippen LogP contribution in [-0.4, -0.2) is 23.8 Å². The quantitative estimate of drug-likeness (QED) is 0.259. The SMILES string of the molecule is CCCCCCCCCC(CCCCCCCCC)NC[C@@H](C)O. The van der Waals surface area contributed by atoms with E-state index in [1.165, 1.54) is 103 Å². The zero-order valence-electron chi connectivity index (χ0n) is 17.1. The molecule has 0 unspecified atom stereocenters. The van der Waals surface area contributed by atoms with Crippen molar-refractivity contribution in [1.29, 1.82) is 0 Å². The highest BCUT2D eigenvalue weighted by Crippen LogP contribution is 2.15. The summed E-state index contributed by atoms with van der Waals surface area (Å²) in [5, 5.41) is 13.1. The molecule has 0 aromatic rings. The summed E-state index contributed by atoms with van der Waals surface area (Å²) in [5.74, 6) is 0. The largest absolute Gasteiger partial charge is 0.392 e. The van der Waals surface area contributed by atoms with E-state index < -0.39 is 0 Å². The van der Waals surface area contributed by atoms with Crippen LogP contribution < -0.4 is 5.32 Å². The highest BCUT2D eigenvalue weighted by atomic mass is 16.3. The van der Waals surface area contributed by atoms with E-state index in [0.717, 1.165) is 6.54 Å². The number of hydrogen-bond acceptors (Lipinski definition) is 2. The number of hydrogen-bond donors (Lipinski definition) is 2. The Labute approximate surface area is 153 Å². The summed E-state index contributed by atoms with van der Waals surface area (Å²) in [6.07, 6.45) is 21.7. The van der Waals surface area contributed by atoms with Gasteiger partial charge in [-0.15, -0.1) is 0 Å². The predicted octanol–water partition coefficient (Wildman–Crippen LogP) is 6.61. The second-order valence-electron chi connectivity index (χ2n) is 7.77. The Bertz CT molecular complexity index is 212. The summed E-state index contributed by atoms with van der Waals surface area (Å²) >= 11 is 0. The molecule has 0 aliphatic heterocycles. The predicted molar refractivity (Wildman–Crippen MR) is 109 cm³/mol. The summed E-state index contributed by atoms with van der Waals surface area (Å²) in [5.41, 5.74) is 0. The van der Waals surface area contributed by atoms with Crippen LogP contribution in [0.5, 0.6) is 0 Å². The van der Waals surface area contributed by atoms with Crippen molar-refractivity contribution < 1.29 is 5.11 Å². The highest BCUT2D eigenvalue weighted by Gasteiger charge is 2.09. The molecule has 0 aliphatic carbocycles. The molecule has 0 saturated carbocycles. The van der Waals surface area contributed by atoms with Crippen molar-refractivity contribution in [1.82, 2.24) is 5.32 Å². The molecule has 2 N–H and O–H groups in total. The zero-order chi connectivity index (χ0) is 17.9. The topological polar surface area (TPSA) is 32.3 Å². The Morgan fingerprint density at radius 3 is 1.38 bits per heavy atom. The minimum atomic E-state index is -0.226. The number of unbranched alkanes of at least 4 members (excludes halogenated alkanes) is 12. The maximum absolute atomic E-state index is 9.52. The van der Waals surface area contributed by atoms with Crippen molar-refractivity contribution in [3.05, 3.63) is 0 Å². The van der Waals surface area contributed by atoms with Gasteiger partial charge in [0.05, 0.1) is 6.10 Å². The van der Waals surface area contributed by atoms with E-state index in [1.807, 2.05) is 6.92 Å². The van der Waals surface area contributed by atoms with E-state index >= 15 is 0 Å². The van der Waals surface area contributed by atoms with E-state index in [0.29, 0.717) is 6.04 Å². The van der Waals surface area contributed by atoms with Gasteiger partial charge in [-0.25, -0.2) is 0 Å². The summed E-state index contributed by atoms with van der Waals surface area (Å²) in [7, 11) is 0. The summed E-state index contributed by atoms with van der Waals surface area (Å²) < 4.78 is 0. The third kappa shape index (κ3) is 18.3. The lowest BCUT2D eigenvalue weighted by Crippen LogP contribution is -2.34. The van der Waals surface area contributed by atoms with Crippen LogP contribution in [0.1, 0.15) is 124 Å². The van der Waals surface area contributed by atoms with Crippen LogP contribution in [0.25, 0.3) is 0 Å². The van der Waals surface area contributed by atoms with Gasteiger partial charge >= 0.3 is 0 Å². The second-order valence-corrected chi connectivity index (χ2v) is 7.77. The molecule has 2 nitrogen and oxygen atoms in total. The molecule has 0 spiro atoms. The summed E-state index contributed by atoms with van der Waals surface area (Å²) in [4.78, 5) is 0. The molecular weight excluding hydrogens is 294 g/mol. The van der Waals surface area contributed by atoms with Crippen molar-refractivity contribution in [2.45, 2.75) is 136 Å². The average Bonchev–Trinajstić information content (AvgIpc) is 2.57. The molecular formula is C22H47NO. The standard InChI is InChI=1S/C22H47NO/c1-4-6-8-10-12-14-16-18-22(23-20-21(3)24)19-17-15-13-11-9-7-5-2/h21-24H,4-20H2,1-3H3/t21-/m1/s1. The number of rotatable bonds is 19. The minimum absolute atomic E-state index is 0.226. The first-order valence-electron chi connectivity index (χ1n) is 11.1. The van der Waals surface area contributed by atoms with Gasteiger partial charge < -0.3 is 10.4 Å². The molecule has 1 atom stereocenters. The molecule has 0 rings (SSSR count). The van der Waals surface area contributed by atoms with Crippen LogP contribution in [0.3, 0.4) is 0 Å². The highest BCUT2D eigenvalue weighted by molar-refractivity contribution is 4.69. The van der Waals surface area contributed by atoms with Crippen molar-refractivity contribution in [3.8, 4) is 0 Å². The summed E-state index contributed by atoms with van der Waals surface area (Å²) in [6.45, 7) is 7.19. The molecule has 0 bridgehead atoms. The van der Waals surface area contributed by atoms with Crippen LogP contribution in [0, 0.1) is 0 Å². The number of nitrogens with one attached hydrogen (secondary N) is 1. The Hall–Kier alpha value is -0.0800. The van der Waals surface area contributed by atoms with Crippen LogP contribution in [0.4, 0.5) is 0 Å². The molecule has 146 valence electrons. The fourth-order valence-electron chi connectivity index (χ4n) is 3.38. The van der Waals surface area contributed by atoms with E-state index in [9.17, 15) is 5.11 Å². The molecule has 0 fully saturated rings. The lowest BCUT2D eigenvalue weighted by Gasteiger charge is -2.20. The van der Waals surface area contributed by atoms with Crippen molar-refractivity contribution in [3.63, 3.8) is 0 Å². The van der Waals surface area contributed by atoms with Gasteiger partial charge in [0.15, 0.2) is 0 Å². The molecule has 0 heterocycles. The van der Waals surface area contributed by atoms with Crippen molar-refractivity contribution >= 4 is 0 Å². The number of aliphatic hydroxyl groups excluding tert-OH is 1. The molecule has 24 heavy (non-hydrogen) atoms. The first-order valence-corrected chi connectivity index (χ1v) is 11.1. The maximum atomic E-state index is 9.52. The molecule has 0 aromatic heterocycles. The third-order valence-electron chi connectivity index (χ3n) is 5.01. The normalized spacial score (nSPS) is 12.9. The third-order valence-corrected chi connectivity index (χ3v) is 5.01. The van der Waals surface area contributed by atoms with Gasteiger partial charge in [-0.05, 0) is 19.8 Å². The van der Waals surface area contributed by atoms with Gasteiger partial charge in [0.1, 0.15) is 0 Å². The van der Waals surface area contributed by atoms with Gasteiger partial charge in [-0.1, -0.05) is 104 Å². The second kappa shape index (κ2) is 19.2. The van der Waals surface area contributed by atoms with Gasteiger partial charge in [-0.2, -0.15) is 0 Å². The molecule has 0 aliphatic rings. The van der Waals surface area contributed by atoms with Crippen LogP contribution >= 0.6 is 0 Å². The fraction of sp³-hybridized carbons (Fsp3) is 1.00. The fourth-order valence-corrected chi connectivity index (χ4v) is 3.38. The maximum Gasteiger partial charge on any atom is 0.0636 e. The smallest absolute Gasteiger partial charge is 0.0636 e. The Morgan fingerprint density at radius 1 is 0.625 bits per heavy atom. The Morgan fingerprint density at radius 2 is 1.00 bits per heavy atom. The molecule has 2 heteroatoms. The van der Waals surface area contributed by atoms with E-state index in [2.05, 4.69) is 19.2 Å². The minimum Gasteiger partial charge on any atom is -0.392 e. The monoisotopic (exact) mass is 341 g/mol. The number of aliphatic hydroxyl groups is 1. The van der Waals surface area contributed by atoms with E-state index in [1.54, 1.807) is 0 Å². The van der Waals surface area contributed by atoms with Gasteiger partial charge in [0.25, 0.3) is 0 Å². The van der Waals surface area contributed by atoms with Crippen molar-refractivity contribution in [2.75, 3.05) is 6.54 Å². The molecule has 0 aromatic carbocycles. The van der Waals surface area contributed by atoms with Gasteiger partial charge in [0, 0.05) is 12.6 Å². The van der Waals surface area contributed by atoms with E-state index in [-0.39, 0.29) is 6.10 Å². The molecule has 0 saturated heterocycles. The van der Waals surface area contributed by atoms with Crippen molar-refractivity contribution in [2.24, 2.45) is 0 Å². The lowest BCUT2D eigenvalue weighted by atomic mass is 9.99. The van der Waals surface area contributed by atoms with Gasteiger partial charge in [-0.3, -0.25) is 0 Å². The summed E-state index contributed by atoms with van der Waals surface area (Å²) in [6, 6.07) is 0.617. The zero-order valence-corrected chi connectivity index (χ0v) is 17.1. The Kier molecular flexibility index (Phi) is 19.2. The van der Waals surface area contributed by atoms with Crippen LogP contribution in [0.15, 0.2) is 0 Å². The first-order chi connectivity index (χ1) is 11.7. The Balaban J connectivity index is 3.68. The van der Waals surface area contributed by atoms with Crippen LogP contribution in [0.2, 0.25) is 0 Å². The van der Waals surface area contributed by atoms with E-state index in [4.69, 9.17) is 0 Å². The first kappa shape index (κ1) is 23.9. The molecule has 0 amide bonds. The van der Waals surface area contributed by atoms with Gasteiger partial charge in [0.2, 0.25) is 0 Å². The molecule has 0 radical (unpaired) electrons. The lowest BCUT2D eigenvalue weighted by molar-refractivity contribution is 0.183. The average molecular weight is 342 g/mol. The van der Waals surface area contributed by atoms with Crippen LogP contribution in [-0.2, 0) is 0 Å².